The summed E-state index contributed by atoms with van der Waals surface area (Å²) >= 11 is 0. The lowest BCUT2D eigenvalue weighted by Crippen LogP contribution is -2.40. The van der Waals surface area contributed by atoms with Crippen LogP contribution in [0.2, 0.25) is 0 Å². The van der Waals surface area contributed by atoms with Gasteiger partial charge in [0, 0.05) is 38.2 Å². The molecule has 1 aromatic carbocycles. The smallest absolute Gasteiger partial charge is 0.261 e. The van der Waals surface area contributed by atoms with E-state index < -0.39 is 0 Å². The summed E-state index contributed by atoms with van der Waals surface area (Å²) in [6, 6.07) is 5.25. The maximum atomic E-state index is 12.7. The second kappa shape index (κ2) is 8.66. The number of nitrogens with one attached hydrogen (secondary N) is 1. The van der Waals surface area contributed by atoms with E-state index in [9.17, 15) is 9.59 Å². The summed E-state index contributed by atoms with van der Waals surface area (Å²) in [6.45, 7) is 9.40. The van der Waals surface area contributed by atoms with Gasteiger partial charge in [0.1, 0.15) is 5.82 Å². The molecule has 1 saturated heterocycles. The van der Waals surface area contributed by atoms with E-state index in [-0.39, 0.29) is 11.5 Å². The minimum Gasteiger partial charge on any atom is -0.352 e. The van der Waals surface area contributed by atoms with Gasteiger partial charge in [0.25, 0.3) is 11.5 Å². The lowest BCUT2D eigenvalue weighted by atomic mass is 9.92. The van der Waals surface area contributed by atoms with Crippen LogP contribution in [0.4, 0.5) is 0 Å². The number of rotatable bonds is 5. The van der Waals surface area contributed by atoms with Gasteiger partial charge in [0.15, 0.2) is 0 Å². The molecule has 2 aromatic rings. The number of amides is 1. The highest BCUT2D eigenvalue weighted by molar-refractivity contribution is 5.97. The molecule has 0 radical (unpaired) electrons. The Labute approximate surface area is 172 Å². The van der Waals surface area contributed by atoms with E-state index in [1.165, 1.54) is 6.42 Å². The predicted molar refractivity (Wildman–Crippen MR) is 115 cm³/mol. The topological polar surface area (TPSA) is 67.2 Å². The van der Waals surface area contributed by atoms with Crippen molar-refractivity contribution in [3.8, 4) is 0 Å². The summed E-state index contributed by atoms with van der Waals surface area (Å²) < 4.78 is 1.79. The van der Waals surface area contributed by atoms with E-state index in [1.807, 2.05) is 0 Å². The molecule has 2 aliphatic heterocycles. The fourth-order valence-corrected chi connectivity index (χ4v) is 4.96. The molecule has 4 rings (SSSR count). The molecule has 29 heavy (non-hydrogen) atoms. The molecule has 156 valence electrons. The zero-order valence-corrected chi connectivity index (χ0v) is 17.6. The third-order valence-electron chi connectivity index (χ3n) is 6.21. The Kier molecular flexibility index (Phi) is 5.99. The maximum absolute atomic E-state index is 12.7. The SMILES string of the molecule is C[C@@H]1C[C@H](C)CN(CCCNC(=O)c2ccc3c(=O)n4c(nc3c2)CCCC4)C1. The van der Waals surface area contributed by atoms with Crippen molar-refractivity contribution >= 4 is 16.8 Å². The molecule has 0 unspecified atom stereocenters. The number of likely N-dealkylation sites (tertiary alicyclic amines) is 1. The molecule has 0 spiro atoms. The minimum atomic E-state index is -0.0908. The number of aromatic nitrogens is 2. The van der Waals surface area contributed by atoms with E-state index in [0.717, 1.165) is 69.5 Å². The van der Waals surface area contributed by atoms with Gasteiger partial charge in [-0.3, -0.25) is 14.2 Å². The molecule has 1 aromatic heterocycles. The highest BCUT2D eigenvalue weighted by Gasteiger charge is 2.21. The largest absolute Gasteiger partial charge is 0.352 e. The number of benzene rings is 1. The number of nitrogens with zero attached hydrogens (tertiary/aromatic N) is 3. The monoisotopic (exact) mass is 396 g/mol. The van der Waals surface area contributed by atoms with E-state index >= 15 is 0 Å². The molecule has 6 nitrogen and oxygen atoms in total. The molecular formula is C23H32N4O2. The van der Waals surface area contributed by atoms with E-state index in [0.29, 0.717) is 23.0 Å². The summed E-state index contributed by atoms with van der Waals surface area (Å²) in [5.74, 6) is 2.27. The Morgan fingerprint density at radius 3 is 2.79 bits per heavy atom. The van der Waals surface area contributed by atoms with Crippen LogP contribution in [0.15, 0.2) is 23.0 Å². The standard InChI is InChI=1S/C23H32N4O2/c1-16-12-17(2)15-26(14-16)10-5-9-24-22(28)18-7-8-19-20(13-18)25-21-6-3-4-11-27(21)23(19)29/h7-8,13,16-17H,3-6,9-12,14-15H2,1-2H3,(H,24,28)/t16-,17+. The highest BCUT2D eigenvalue weighted by Crippen LogP contribution is 2.21. The second-order valence-electron chi connectivity index (χ2n) is 8.99. The maximum Gasteiger partial charge on any atom is 0.261 e. The molecule has 6 heteroatoms. The number of hydrogen-bond acceptors (Lipinski definition) is 4. The molecule has 3 heterocycles. The quantitative estimate of drug-likeness (QED) is 0.789. The molecule has 0 bridgehead atoms. The van der Waals surface area contributed by atoms with Crippen molar-refractivity contribution in [3.05, 3.63) is 39.9 Å². The zero-order chi connectivity index (χ0) is 20.4. The molecule has 1 N–H and O–H groups in total. The number of hydrogen-bond donors (Lipinski definition) is 1. The van der Waals surface area contributed by atoms with Gasteiger partial charge in [-0.25, -0.2) is 4.98 Å². The van der Waals surface area contributed by atoms with Crippen LogP contribution in [0.3, 0.4) is 0 Å². The number of carbonyl (C=O) groups excluding carboxylic acids is 1. The van der Waals surface area contributed by atoms with E-state index in [4.69, 9.17) is 0 Å². The van der Waals surface area contributed by atoms with Crippen molar-refractivity contribution in [2.75, 3.05) is 26.2 Å². The van der Waals surface area contributed by atoms with Gasteiger partial charge in [-0.15, -0.1) is 0 Å². The van der Waals surface area contributed by atoms with Gasteiger partial charge >= 0.3 is 0 Å². The lowest BCUT2D eigenvalue weighted by molar-refractivity contribution is 0.0947. The van der Waals surface area contributed by atoms with Crippen LogP contribution < -0.4 is 10.9 Å². The van der Waals surface area contributed by atoms with Gasteiger partial charge in [-0.05, 0) is 62.3 Å². The van der Waals surface area contributed by atoms with Crippen molar-refractivity contribution in [1.82, 2.24) is 19.8 Å². The molecule has 0 aliphatic carbocycles. The minimum absolute atomic E-state index is 0.0154. The fraction of sp³-hybridized carbons (Fsp3) is 0.609. The zero-order valence-electron chi connectivity index (χ0n) is 17.6. The Balaban J connectivity index is 1.37. The first-order valence-corrected chi connectivity index (χ1v) is 11.1. The lowest BCUT2D eigenvalue weighted by Gasteiger charge is -2.34. The third-order valence-corrected chi connectivity index (χ3v) is 6.21. The van der Waals surface area contributed by atoms with E-state index in [1.54, 1.807) is 22.8 Å². The van der Waals surface area contributed by atoms with Crippen LogP contribution in [0.1, 0.15) is 55.7 Å². The van der Waals surface area contributed by atoms with Gasteiger partial charge < -0.3 is 10.2 Å². The fourth-order valence-electron chi connectivity index (χ4n) is 4.96. The van der Waals surface area contributed by atoms with Gasteiger partial charge in [0.2, 0.25) is 0 Å². The Morgan fingerprint density at radius 2 is 2.00 bits per heavy atom. The molecule has 2 atom stereocenters. The first-order chi connectivity index (χ1) is 14.0. The third kappa shape index (κ3) is 4.53. The summed E-state index contributed by atoms with van der Waals surface area (Å²) in [5.41, 5.74) is 1.22. The van der Waals surface area contributed by atoms with Crippen molar-refractivity contribution in [2.24, 2.45) is 11.8 Å². The predicted octanol–water partition coefficient (Wildman–Crippen LogP) is 2.83. The molecule has 2 aliphatic rings. The van der Waals surface area contributed by atoms with Crippen LogP contribution in [0.5, 0.6) is 0 Å². The summed E-state index contributed by atoms with van der Waals surface area (Å²) in [5, 5.41) is 3.62. The van der Waals surface area contributed by atoms with E-state index in [2.05, 4.69) is 29.0 Å². The van der Waals surface area contributed by atoms with Crippen LogP contribution in [0.25, 0.3) is 10.9 Å². The molecule has 1 fully saturated rings. The molecule has 0 saturated carbocycles. The highest BCUT2D eigenvalue weighted by atomic mass is 16.1. The average molecular weight is 397 g/mol. The number of piperidine rings is 1. The molecular weight excluding hydrogens is 364 g/mol. The van der Waals surface area contributed by atoms with Crippen molar-refractivity contribution in [1.29, 1.82) is 0 Å². The Morgan fingerprint density at radius 1 is 1.21 bits per heavy atom. The summed E-state index contributed by atoms with van der Waals surface area (Å²) in [7, 11) is 0. The van der Waals surface area contributed by atoms with Crippen molar-refractivity contribution in [2.45, 2.75) is 52.5 Å². The van der Waals surface area contributed by atoms with Crippen molar-refractivity contribution < 1.29 is 4.79 Å². The van der Waals surface area contributed by atoms with Gasteiger partial charge in [0.05, 0.1) is 10.9 Å². The normalized spacial score (nSPS) is 22.4. The van der Waals surface area contributed by atoms with Crippen LogP contribution >= 0.6 is 0 Å². The van der Waals surface area contributed by atoms with Gasteiger partial charge in [-0.2, -0.15) is 0 Å². The number of aryl methyl sites for hydroxylation is 1. The summed E-state index contributed by atoms with van der Waals surface area (Å²) in [4.78, 5) is 32.4. The van der Waals surface area contributed by atoms with Crippen LogP contribution in [-0.2, 0) is 13.0 Å². The Bertz CT molecular complexity index is 942. The average Bonchev–Trinajstić information content (AvgIpc) is 2.70. The summed E-state index contributed by atoms with van der Waals surface area (Å²) in [6.07, 6.45) is 5.18. The number of carbonyl (C=O) groups is 1. The van der Waals surface area contributed by atoms with Gasteiger partial charge in [-0.1, -0.05) is 13.8 Å². The first kappa shape index (κ1) is 20.1. The number of fused-ring (bicyclic) bond motifs is 2. The first-order valence-electron chi connectivity index (χ1n) is 11.1. The Hall–Kier alpha value is -2.21. The van der Waals surface area contributed by atoms with Crippen LogP contribution in [-0.4, -0.2) is 46.5 Å². The van der Waals surface area contributed by atoms with Crippen molar-refractivity contribution in [3.63, 3.8) is 0 Å². The molecule has 1 amide bonds. The second-order valence-corrected chi connectivity index (χ2v) is 8.99. The van der Waals surface area contributed by atoms with Crippen LogP contribution in [0, 0.1) is 11.8 Å².